The number of nitrogens with zero attached hydrogens (tertiary/aromatic N) is 1. The van der Waals surface area contributed by atoms with Crippen LogP contribution in [0.1, 0.15) is 28.4 Å². The van der Waals surface area contributed by atoms with Crippen molar-refractivity contribution in [2.45, 2.75) is 20.8 Å². The maximum atomic E-state index is 12.2. The number of hydrogen-bond acceptors (Lipinski definition) is 2. The first-order chi connectivity index (χ1) is 8.73. The van der Waals surface area contributed by atoms with Crippen LogP contribution in [0.3, 0.4) is 0 Å². The molecule has 0 saturated heterocycles. The minimum absolute atomic E-state index is 0.150. The summed E-state index contributed by atoms with van der Waals surface area (Å²) in [6.45, 7) is 5.54. The third-order valence-corrected chi connectivity index (χ3v) is 3.44. The first-order valence-electron chi connectivity index (χ1n) is 5.99. The summed E-state index contributed by atoms with van der Waals surface area (Å²) in [7, 11) is 1.58. The van der Waals surface area contributed by atoms with Crippen LogP contribution in [-0.4, -0.2) is 35.5 Å². The van der Waals surface area contributed by atoms with Crippen molar-refractivity contribution in [2.24, 2.45) is 5.92 Å². The molecule has 0 aliphatic heterocycles. The number of rotatable bonds is 4. The molecule has 1 amide bonds. The SMILES string of the molecule is Cc1cc(Cl)c(C(=O)N(C)CC(C)C(=O)O)cc1C. The van der Waals surface area contributed by atoms with Crippen molar-refractivity contribution in [3.63, 3.8) is 0 Å². The van der Waals surface area contributed by atoms with E-state index in [9.17, 15) is 9.59 Å². The largest absolute Gasteiger partial charge is 0.481 e. The van der Waals surface area contributed by atoms with E-state index in [0.717, 1.165) is 11.1 Å². The molecule has 0 bridgehead atoms. The zero-order chi connectivity index (χ0) is 14.7. The van der Waals surface area contributed by atoms with Crippen LogP contribution in [0.4, 0.5) is 0 Å². The summed E-state index contributed by atoms with van der Waals surface area (Å²) in [5, 5.41) is 9.25. The third kappa shape index (κ3) is 3.70. The van der Waals surface area contributed by atoms with Gasteiger partial charge in [-0.3, -0.25) is 9.59 Å². The first kappa shape index (κ1) is 15.5. The number of amides is 1. The number of carboxylic acids is 1. The molecule has 19 heavy (non-hydrogen) atoms. The molecule has 1 aromatic rings. The van der Waals surface area contributed by atoms with Crippen LogP contribution >= 0.6 is 11.6 Å². The summed E-state index contributed by atoms with van der Waals surface area (Å²) in [5.41, 5.74) is 2.40. The average Bonchev–Trinajstić information content (AvgIpc) is 2.32. The molecule has 0 saturated carbocycles. The minimum atomic E-state index is -0.925. The highest BCUT2D eigenvalue weighted by atomic mass is 35.5. The summed E-state index contributed by atoms with van der Waals surface area (Å²) >= 11 is 6.08. The number of carbonyl (C=O) groups is 2. The molecule has 1 unspecified atom stereocenters. The van der Waals surface area contributed by atoms with E-state index in [1.165, 1.54) is 4.90 Å². The number of carbonyl (C=O) groups excluding carboxylic acids is 1. The van der Waals surface area contributed by atoms with Gasteiger partial charge in [0.15, 0.2) is 0 Å². The lowest BCUT2D eigenvalue weighted by Gasteiger charge is -2.20. The Morgan fingerprint density at radius 2 is 1.84 bits per heavy atom. The fraction of sp³-hybridized carbons (Fsp3) is 0.429. The van der Waals surface area contributed by atoms with Crippen molar-refractivity contribution in [3.8, 4) is 0 Å². The molecule has 1 aromatic carbocycles. The van der Waals surface area contributed by atoms with E-state index in [0.29, 0.717) is 10.6 Å². The zero-order valence-corrected chi connectivity index (χ0v) is 12.3. The Morgan fingerprint density at radius 1 is 1.32 bits per heavy atom. The van der Waals surface area contributed by atoms with Gasteiger partial charge in [-0.1, -0.05) is 18.5 Å². The Labute approximate surface area is 118 Å². The van der Waals surface area contributed by atoms with Crippen LogP contribution in [0, 0.1) is 19.8 Å². The molecule has 1 N–H and O–H groups in total. The highest BCUT2D eigenvalue weighted by Crippen LogP contribution is 2.22. The molecule has 0 aliphatic carbocycles. The van der Waals surface area contributed by atoms with Crippen molar-refractivity contribution >= 4 is 23.5 Å². The highest BCUT2D eigenvalue weighted by Gasteiger charge is 2.20. The maximum Gasteiger partial charge on any atom is 0.308 e. The smallest absolute Gasteiger partial charge is 0.308 e. The van der Waals surface area contributed by atoms with Crippen molar-refractivity contribution in [1.29, 1.82) is 0 Å². The van der Waals surface area contributed by atoms with E-state index in [2.05, 4.69) is 0 Å². The fourth-order valence-corrected chi connectivity index (χ4v) is 2.02. The lowest BCUT2D eigenvalue weighted by atomic mass is 10.0. The van der Waals surface area contributed by atoms with Gasteiger partial charge in [-0.05, 0) is 37.1 Å². The average molecular weight is 284 g/mol. The molecule has 4 nitrogen and oxygen atoms in total. The van der Waals surface area contributed by atoms with Gasteiger partial charge >= 0.3 is 5.97 Å². The Bertz CT molecular complexity index is 514. The van der Waals surface area contributed by atoms with Gasteiger partial charge in [0.1, 0.15) is 0 Å². The zero-order valence-electron chi connectivity index (χ0n) is 11.5. The quantitative estimate of drug-likeness (QED) is 0.924. The van der Waals surface area contributed by atoms with E-state index >= 15 is 0 Å². The van der Waals surface area contributed by atoms with Crippen molar-refractivity contribution < 1.29 is 14.7 Å². The van der Waals surface area contributed by atoms with Crippen LogP contribution in [0.15, 0.2) is 12.1 Å². The second-order valence-corrected chi connectivity index (χ2v) is 5.25. The minimum Gasteiger partial charge on any atom is -0.481 e. The second kappa shape index (κ2) is 6.06. The molecule has 0 aliphatic rings. The first-order valence-corrected chi connectivity index (χ1v) is 6.36. The summed E-state index contributed by atoms with van der Waals surface area (Å²) in [6, 6.07) is 3.49. The van der Waals surface area contributed by atoms with Crippen molar-refractivity contribution in [2.75, 3.05) is 13.6 Å². The van der Waals surface area contributed by atoms with Gasteiger partial charge in [-0.15, -0.1) is 0 Å². The lowest BCUT2D eigenvalue weighted by molar-refractivity contribution is -0.141. The molecule has 1 atom stereocenters. The van der Waals surface area contributed by atoms with Crippen molar-refractivity contribution in [3.05, 3.63) is 33.8 Å². The standard InChI is InChI=1S/C14H18ClNO3/c1-8-5-11(12(15)6-9(8)2)13(17)16(4)7-10(3)14(18)19/h5-6,10H,7H2,1-4H3,(H,18,19). The van der Waals surface area contributed by atoms with E-state index in [1.807, 2.05) is 13.8 Å². The van der Waals surface area contributed by atoms with E-state index in [1.54, 1.807) is 26.1 Å². The van der Waals surface area contributed by atoms with Gasteiger partial charge < -0.3 is 10.0 Å². The van der Waals surface area contributed by atoms with Crippen LogP contribution in [0.25, 0.3) is 0 Å². The van der Waals surface area contributed by atoms with Gasteiger partial charge in [-0.2, -0.15) is 0 Å². The molecule has 0 fully saturated rings. The van der Waals surface area contributed by atoms with Crippen LogP contribution < -0.4 is 0 Å². The molecule has 0 radical (unpaired) electrons. The summed E-state index contributed by atoms with van der Waals surface area (Å²) in [5.74, 6) is -1.80. The molecular formula is C14H18ClNO3. The lowest BCUT2D eigenvalue weighted by Crippen LogP contribution is -2.33. The Morgan fingerprint density at radius 3 is 2.37 bits per heavy atom. The maximum absolute atomic E-state index is 12.2. The molecular weight excluding hydrogens is 266 g/mol. The fourth-order valence-electron chi connectivity index (χ4n) is 1.72. The van der Waals surface area contributed by atoms with Gasteiger partial charge in [0.2, 0.25) is 0 Å². The Balaban J connectivity index is 2.94. The number of benzene rings is 1. The predicted octanol–water partition coefficient (Wildman–Crippen LogP) is 2.75. The Hall–Kier alpha value is -1.55. The molecule has 0 heterocycles. The van der Waals surface area contributed by atoms with Crippen molar-refractivity contribution in [1.82, 2.24) is 4.90 Å². The second-order valence-electron chi connectivity index (χ2n) is 4.84. The monoisotopic (exact) mass is 283 g/mol. The van der Waals surface area contributed by atoms with E-state index in [4.69, 9.17) is 16.7 Å². The van der Waals surface area contributed by atoms with Gasteiger partial charge in [-0.25, -0.2) is 0 Å². The van der Waals surface area contributed by atoms with Gasteiger partial charge in [0.25, 0.3) is 5.91 Å². The number of halogens is 1. The molecule has 5 heteroatoms. The highest BCUT2D eigenvalue weighted by molar-refractivity contribution is 6.33. The summed E-state index contributed by atoms with van der Waals surface area (Å²) < 4.78 is 0. The van der Waals surface area contributed by atoms with Crippen LogP contribution in [0.2, 0.25) is 5.02 Å². The topological polar surface area (TPSA) is 57.6 Å². The molecule has 0 spiro atoms. The molecule has 0 aromatic heterocycles. The summed E-state index contributed by atoms with van der Waals surface area (Å²) in [4.78, 5) is 24.4. The molecule has 1 rings (SSSR count). The van der Waals surface area contributed by atoms with E-state index in [-0.39, 0.29) is 12.5 Å². The molecule has 104 valence electrons. The van der Waals surface area contributed by atoms with Gasteiger partial charge in [0.05, 0.1) is 16.5 Å². The number of hydrogen-bond donors (Lipinski definition) is 1. The predicted molar refractivity (Wildman–Crippen MR) is 74.7 cm³/mol. The van der Waals surface area contributed by atoms with Gasteiger partial charge in [0, 0.05) is 13.6 Å². The number of carboxylic acid groups (broad SMARTS) is 1. The summed E-state index contributed by atoms with van der Waals surface area (Å²) in [6.07, 6.45) is 0. The normalized spacial score (nSPS) is 12.1. The number of aryl methyl sites for hydroxylation is 2. The van der Waals surface area contributed by atoms with Crippen LogP contribution in [-0.2, 0) is 4.79 Å². The van der Waals surface area contributed by atoms with Crippen LogP contribution in [0.5, 0.6) is 0 Å². The number of aliphatic carboxylic acids is 1. The Kier molecular flexibility index (Phi) is 4.95. The third-order valence-electron chi connectivity index (χ3n) is 3.13. The van der Waals surface area contributed by atoms with E-state index < -0.39 is 11.9 Å².